The zero-order valence-corrected chi connectivity index (χ0v) is 17.8. The highest BCUT2D eigenvalue weighted by Gasteiger charge is 2.42. The van der Waals surface area contributed by atoms with Crippen molar-refractivity contribution >= 4 is 0 Å². The Kier molecular flexibility index (Phi) is 7.42. The average Bonchev–Trinajstić information content (AvgIpc) is 3.22. The molecule has 0 unspecified atom stereocenters. The molecule has 0 amide bonds. The second-order valence-corrected chi connectivity index (χ2v) is 7.28. The molecule has 0 saturated carbocycles. The lowest BCUT2D eigenvalue weighted by atomic mass is 9.77. The van der Waals surface area contributed by atoms with Crippen molar-refractivity contribution in [2.45, 2.75) is 12.0 Å². The predicted octanol–water partition coefficient (Wildman–Crippen LogP) is 2.79. The lowest BCUT2D eigenvalue weighted by Gasteiger charge is -2.28. The van der Waals surface area contributed by atoms with Crippen molar-refractivity contribution in [3.05, 3.63) is 47.5 Å². The van der Waals surface area contributed by atoms with Gasteiger partial charge in [0.1, 0.15) is 0 Å². The van der Waals surface area contributed by atoms with Gasteiger partial charge in [0, 0.05) is 18.4 Å². The molecule has 1 fully saturated rings. The topological polar surface area (TPSA) is 86.6 Å². The SMILES string of the molecule is COc1ccc([C@@H](CO)[C@H]2CO[C@H](c3ccc(OC)c(OC)c3)[C@H]2CO)cc1OC. The zero-order chi connectivity index (χ0) is 21.7. The minimum atomic E-state index is -0.311. The fourth-order valence-corrected chi connectivity index (χ4v) is 4.28. The highest BCUT2D eigenvalue weighted by molar-refractivity contribution is 5.45. The first-order valence-electron chi connectivity index (χ1n) is 9.88. The molecule has 1 aliphatic rings. The summed E-state index contributed by atoms with van der Waals surface area (Å²) in [5.74, 6) is 2.00. The van der Waals surface area contributed by atoms with Crippen LogP contribution in [0.15, 0.2) is 36.4 Å². The first-order chi connectivity index (χ1) is 14.6. The van der Waals surface area contributed by atoms with Crippen LogP contribution in [0.2, 0.25) is 0 Å². The van der Waals surface area contributed by atoms with E-state index in [0.717, 1.165) is 11.1 Å². The predicted molar refractivity (Wildman–Crippen MR) is 112 cm³/mol. The van der Waals surface area contributed by atoms with Gasteiger partial charge in [-0.05, 0) is 41.3 Å². The minimum absolute atomic E-state index is 0.0620. The molecule has 3 rings (SSSR count). The summed E-state index contributed by atoms with van der Waals surface area (Å²) < 4.78 is 27.6. The highest BCUT2D eigenvalue weighted by atomic mass is 16.5. The highest BCUT2D eigenvalue weighted by Crippen LogP contribution is 2.46. The van der Waals surface area contributed by atoms with E-state index in [1.807, 2.05) is 36.4 Å². The number of aliphatic hydroxyl groups excluding tert-OH is 2. The molecule has 2 N–H and O–H groups in total. The molecule has 0 aliphatic carbocycles. The van der Waals surface area contributed by atoms with Gasteiger partial charge in [-0.2, -0.15) is 0 Å². The standard InChI is InChI=1S/C23H30O7/c1-26-19-7-5-14(9-21(19)28-3)16(11-24)18-13-30-23(17(18)12-25)15-6-8-20(27-2)22(10-15)29-4/h5-10,16-18,23-25H,11-13H2,1-4H3/t16-,17+,18-,23-/m1/s1. The number of aliphatic hydroxyl groups is 2. The summed E-state index contributed by atoms with van der Waals surface area (Å²) in [4.78, 5) is 0. The van der Waals surface area contributed by atoms with Crippen LogP contribution in [0.4, 0.5) is 0 Å². The van der Waals surface area contributed by atoms with Gasteiger partial charge in [0.05, 0.1) is 47.8 Å². The summed E-state index contributed by atoms with van der Waals surface area (Å²) in [5, 5.41) is 20.4. The van der Waals surface area contributed by atoms with Crippen LogP contribution in [0, 0.1) is 11.8 Å². The zero-order valence-electron chi connectivity index (χ0n) is 17.8. The lowest BCUT2D eigenvalue weighted by Crippen LogP contribution is -2.27. The van der Waals surface area contributed by atoms with Crippen LogP contribution in [0.3, 0.4) is 0 Å². The minimum Gasteiger partial charge on any atom is -0.493 e. The lowest BCUT2D eigenvalue weighted by molar-refractivity contribution is 0.0715. The first-order valence-corrected chi connectivity index (χ1v) is 9.88. The Labute approximate surface area is 177 Å². The van der Waals surface area contributed by atoms with Gasteiger partial charge in [0.2, 0.25) is 0 Å². The van der Waals surface area contributed by atoms with Crippen LogP contribution in [-0.2, 0) is 4.74 Å². The normalized spacial score (nSPS) is 21.9. The molecule has 0 spiro atoms. The molecule has 1 heterocycles. The molecule has 7 nitrogen and oxygen atoms in total. The third kappa shape index (κ3) is 4.19. The van der Waals surface area contributed by atoms with E-state index in [0.29, 0.717) is 29.6 Å². The van der Waals surface area contributed by atoms with Crippen molar-refractivity contribution in [1.29, 1.82) is 0 Å². The van der Waals surface area contributed by atoms with Crippen molar-refractivity contribution in [3.8, 4) is 23.0 Å². The van der Waals surface area contributed by atoms with Crippen LogP contribution < -0.4 is 18.9 Å². The number of hydrogen-bond acceptors (Lipinski definition) is 7. The van der Waals surface area contributed by atoms with Crippen LogP contribution in [-0.4, -0.2) is 58.5 Å². The van der Waals surface area contributed by atoms with E-state index in [1.54, 1.807) is 28.4 Å². The quantitative estimate of drug-likeness (QED) is 0.648. The molecule has 0 radical (unpaired) electrons. The number of hydrogen-bond donors (Lipinski definition) is 2. The van der Waals surface area contributed by atoms with Crippen molar-refractivity contribution in [2.75, 3.05) is 48.3 Å². The fraction of sp³-hybridized carbons (Fsp3) is 0.478. The summed E-state index contributed by atoms with van der Waals surface area (Å²) in [6.45, 7) is 0.288. The molecule has 0 aromatic heterocycles. The van der Waals surface area contributed by atoms with E-state index in [-0.39, 0.29) is 37.1 Å². The van der Waals surface area contributed by atoms with Gasteiger partial charge in [-0.25, -0.2) is 0 Å². The Morgan fingerprint density at radius 3 is 2.03 bits per heavy atom. The van der Waals surface area contributed by atoms with E-state index in [1.165, 1.54) is 0 Å². The smallest absolute Gasteiger partial charge is 0.161 e. The number of methoxy groups -OCH3 is 4. The van der Waals surface area contributed by atoms with Gasteiger partial charge < -0.3 is 33.9 Å². The molecule has 164 valence electrons. The largest absolute Gasteiger partial charge is 0.493 e. The molecule has 1 aliphatic heterocycles. The Balaban J connectivity index is 1.89. The summed E-state index contributed by atoms with van der Waals surface area (Å²) in [5.41, 5.74) is 1.81. The fourth-order valence-electron chi connectivity index (χ4n) is 4.28. The summed E-state index contributed by atoms with van der Waals surface area (Å²) >= 11 is 0. The van der Waals surface area contributed by atoms with Gasteiger partial charge >= 0.3 is 0 Å². The van der Waals surface area contributed by atoms with Crippen molar-refractivity contribution in [1.82, 2.24) is 0 Å². The monoisotopic (exact) mass is 418 g/mol. The number of ether oxygens (including phenoxy) is 5. The third-order valence-electron chi connectivity index (χ3n) is 5.90. The van der Waals surface area contributed by atoms with Gasteiger partial charge in [0.25, 0.3) is 0 Å². The molecule has 30 heavy (non-hydrogen) atoms. The molecule has 7 heteroatoms. The van der Waals surface area contributed by atoms with E-state index < -0.39 is 0 Å². The van der Waals surface area contributed by atoms with Crippen LogP contribution >= 0.6 is 0 Å². The Bertz CT molecular complexity index is 838. The first kappa shape index (κ1) is 22.2. The van der Waals surface area contributed by atoms with E-state index >= 15 is 0 Å². The number of rotatable bonds is 9. The van der Waals surface area contributed by atoms with Gasteiger partial charge in [-0.3, -0.25) is 0 Å². The van der Waals surface area contributed by atoms with Gasteiger partial charge in [-0.1, -0.05) is 12.1 Å². The van der Waals surface area contributed by atoms with Crippen LogP contribution in [0.25, 0.3) is 0 Å². The second kappa shape index (κ2) is 10.0. The maximum Gasteiger partial charge on any atom is 0.161 e. The molecule has 0 bridgehead atoms. The molecule has 4 atom stereocenters. The summed E-state index contributed by atoms with van der Waals surface area (Å²) in [7, 11) is 6.34. The second-order valence-electron chi connectivity index (χ2n) is 7.28. The molecular formula is C23H30O7. The number of benzene rings is 2. The van der Waals surface area contributed by atoms with Gasteiger partial charge in [0.15, 0.2) is 23.0 Å². The molecular weight excluding hydrogens is 388 g/mol. The Hall–Kier alpha value is -2.48. The van der Waals surface area contributed by atoms with Gasteiger partial charge in [-0.15, -0.1) is 0 Å². The van der Waals surface area contributed by atoms with Crippen molar-refractivity contribution in [2.24, 2.45) is 11.8 Å². The van der Waals surface area contributed by atoms with E-state index in [2.05, 4.69) is 0 Å². The van der Waals surface area contributed by atoms with Crippen molar-refractivity contribution < 1.29 is 33.9 Å². The molecule has 2 aromatic carbocycles. The van der Waals surface area contributed by atoms with Crippen molar-refractivity contribution in [3.63, 3.8) is 0 Å². The average molecular weight is 418 g/mol. The maximum atomic E-state index is 10.2. The Morgan fingerprint density at radius 2 is 1.47 bits per heavy atom. The summed E-state index contributed by atoms with van der Waals surface area (Å²) in [6.07, 6.45) is -0.311. The Morgan fingerprint density at radius 1 is 0.867 bits per heavy atom. The summed E-state index contributed by atoms with van der Waals surface area (Å²) in [6, 6.07) is 11.2. The molecule has 1 saturated heterocycles. The van der Waals surface area contributed by atoms with E-state index in [9.17, 15) is 10.2 Å². The van der Waals surface area contributed by atoms with E-state index in [4.69, 9.17) is 23.7 Å². The van der Waals surface area contributed by atoms with Crippen LogP contribution in [0.5, 0.6) is 23.0 Å². The third-order valence-corrected chi connectivity index (χ3v) is 5.90. The maximum absolute atomic E-state index is 10.2. The van der Waals surface area contributed by atoms with Crippen LogP contribution in [0.1, 0.15) is 23.1 Å². The molecule has 2 aromatic rings.